The summed E-state index contributed by atoms with van der Waals surface area (Å²) in [4.78, 5) is 12.7. The summed E-state index contributed by atoms with van der Waals surface area (Å²) in [6.45, 7) is 0.552. The first-order valence-electron chi connectivity index (χ1n) is 7.11. The summed E-state index contributed by atoms with van der Waals surface area (Å²) in [5.74, 6) is 0.596. The monoisotopic (exact) mass is 329 g/mol. The number of nitrogens with zero attached hydrogens (tertiary/aromatic N) is 1. The van der Waals surface area contributed by atoms with Crippen LogP contribution in [0, 0.1) is 17.1 Å². The molecule has 0 bridgehead atoms. The van der Waals surface area contributed by atoms with Gasteiger partial charge in [-0.3, -0.25) is 0 Å². The number of hydrogen-bond donors (Lipinski definition) is 2. The van der Waals surface area contributed by atoms with E-state index >= 15 is 0 Å². The third-order valence-electron chi connectivity index (χ3n) is 2.96. The van der Waals surface area contributed by atoms with Crippen LogP contribution in [-0.4, -0.2) is 18.3 Å². The van der Waals surface area contributed by atoms with Crippen LogP contribution in [0.15, 0.2) is 53.4 Å². The summed E-state index contributed by atoms with van der Waals surface area (Å²) < 4.78 is 12.8. The maximum Gasteiger partial charge on any atom is 0.319 e. The van der Waals surface area contributed by atoms with Gasteiger partial charge in [0, 0.05) is 17.1 Å². The van der Waals surface area contributed by atoms with Crippen LogP contribution in [0.1, 0.15) is 12.0 Å². The van der Waals surface area contributed by atoms with E-state index in [4.69, 9.17) is 5.26 Å². The predicted molar refractivity (Wildman–Crippen MR) is 89.9 cm³/mol. The van der Waals surface area contributed by atoms with Crippen LogP contribution in [0.4, 0.5) is 14.9 Å². The molecule has 0 radical (unpaired) electrons. The molecule has 0 aliphatic heterocycles. The van der Waals surface area contributed by atoms with Crippen LogP contribution >= 0.6 is 11.8 Å². The maximum atomic E-state index is 12.8. The largest absolute Gasteiger partial charge is 0.338 e. The summed E-state index contributed by atoms with van der Waals surface area (Å²) in [6.07, 6.45) is 0.808. The van der Waals surface area contributed by atoms with E-state index in [1.807, 2.05) is 6.07 Å². The number of carbonyl (C=O) groups excluding carboxylic acids is 1. The smallest absolute Gasteiger partial charge is 0.319 e. The number of urea groups is 1. The van der Waals surface area contributed by atoms with E-state index in [-0.39, 0.29) is 11.8 Å². The van der Waals surface area contributed by atoms with Crippen molar-refractivity contribution in [2.45, 2.75) is 11.3 Å². The number of amides is 2. The second-order valence-corrected chi connectivity index (χ2v) is 5.89. The molecule has 0 aromatic heterocycles. The molecule has 2 N–H and O–H groups in total. The Morgan fingerprint density at radius 1 is 1.13 bits per heavy atom. The van der Waals surface area contributed by atoms with Crippen LogP contribution in [0.5, 0.6) is 0 Å². The average Bonchev–Trinajstić information content (AvgIpc) is 2.57. The molecule has 0 heterocycles. The zero-order chi connectivity index (χ0) is 16.5. The van der Waals surface area contributed by atoms with E-state index in [0.717, 1.165) is 17.1 Å². The van der Waals surface area contributed by atoms with Gasteiger partial charge in [0.15, 0.2) is 0 Å². The molecule has 0 spiro atoms. The summed E-state index contributed by atoms with van der Waals surface area (Å²) in [6, 6.07) is 14.8. The predicted octanol–water partition coefficient (Wildman–Crippen LogP) is 4.00. The molecule has 2 aromatic rings. The lowest BCUT2D eigenvalue weighted by atomic mass is 10.2. The van der Waals surface area contributed by atoms with Crippen molar-refractivity contribution in [1.29, 1.82) is 5.26 Å². The highest BCUT2D eigenvalue weighted by atomic mass is 32.2. The van der Waals surface area contributed by atoms with E-state index in [2.05, 4.69) is 10.6 Å². The van der Waals surface area contributed by atoms with E-state index < -0.39 is 0 Å². The molecular weight excluding hydrogens is 313 g/mol. The van der Waals surface area contributed by atoms with Crippen molar-refractivity contribution < 1.29 is 9.18 Å². The molecule has 118 valence electrons. The number of thioether (sulfide) groups is 1. The Morgan fingerprint density at radius 2 is 1.83 bits per heavy atom. The van der Waals surface area contributed by atoms with Gasteiger partial charge in [0.25, 0.3) is 0 Å². The lowest BCUT2D eigenvalue weighted by Gasteiger charge is -2.07. The van der Waals surface area contributed by atoms with Gasteiger partial charge in [0.1, 0.15) is 5.82 Å². The highest BCUT2D eigenvalue weighted by molar-refractivity contribution is 7.99. The molecule has 0 unspecified atom stereocenters. The van der Waals surface area contributed by atoms with Crippen LogP contribution in [0.25, 0.3) is 0 Å². The van der Waals surface area contributed by atoms with Gasteiger partial charge in [-0.25, -0.2) is 9.18 Å². The molecule has 2 aromatic carbocycles. The number of benzene rings is 2. The number of rotatable bonds is 6. The van der Waals surface area contributed by atoms with Gasteiger partial charge in [0.2, 0.25) is 0 Å². The minimum absolute atomic E-state index is 0.240. The quantitative estimate of drug-likeness (QED) is 0.622. The number of hydrogen-bond acceptors (Lipinski definition) is 3. The number of carbonyl (C=O) groups is 1. The Morgan fingerprint density at radius 3 is 2.48 bits per heavy atom. The fourth-order valence-electron chi connectivity index (χ4n) is 1.80. The fraction of sp³-hybridized carbons (Fsp3) is 0.176. The van der Waals surface area contributed by atoms with Gasteiger partial charge in [-0.15, -0.1) is 11.8 Å². The van der Waals surface area contributed by atoms with Gasteiger partial charge < -0.3 is 10.6 Å². The van der Waals surface area contributed by atoms with Crippen molar-refractivity contribution in [2.24, 2.45) is 0 Å². The Bertz CT molecular complexity index is 680. The molecular formula is C17H16FN3OS. The van der Waals surface area contributed by atoms with Crippen LogP contribution < -0.4 is 10.6 Å². The highest BCUT2D eigenvalue weighted by Crippen LogP contribution is 2.18. The van der Waals surface area contributed by atoms with E-state index in [0.29, 0.717) is 17.8 Å². The highest BCUT2D eigenvalue weighted by Gasteiger charge is 2.01. The van der Waals surface area contributed by atoms with Crippen molar-refractivity contribution in [2.75, 3.05) is 17.6 Å². The molecule has 0 fully saturated rings. The molecule has 0 atom stereocenters. The Kier molecular flexibility index (Phi) is 6.45. The molecule has 4 nitrogen and oxygen atoms in total. The first kappa shape index (κ1) is 16.8. The van der Waals surface area contributed by atoms with Crippen molar-refractivity contribution in [3.63, 3.8) is 0 Å². The second-order valence-electron chi connectivity index (χ2n) is 4.73. The van der Waals surface area contributed by atoms with Crippen LogP contribution in [0.3, 0.4) is 0 Å². The van der Waals surface area contributed by atoms with Gasteiger partial charge in [0.05, 0.1) is 11.6 Å². The zero-order valence-electron chi connectivity index (χ0n) is 12.4. The summed E-state index contributed by atoms with van der Waals surface area (Å²) in [5.41, 5.74) is 1.19. The third-order valence-corrected chi connectivity index (χ3v) is 4.06. The second kappa shape index (κ2) is 8.81. The van der Waals surface area contributed by atoms with Gasteiger partial charge in [-0.2, -0.15) is 5.26 Å². The molecule has 2 rings (SSSR count). The van der Waals surface area contributed by atoms with E-state index in [1.54, 1.807) is 48.2 Å². The minimum Gasteiger partial charge on any atom is -0.338 e. The van der Waals surface area contributed by atoms with Crippen molar-refractivity contribution in [3.8, 4) is 6.07 Å². The molecule has 0 aliphatic carbocycles. The minimum atomic E-state index is -0.276. The van der Waals surface area contributed by atoms with E-state index in [1.165, 1.54) is 12.1 Å². The number of nitrogens with one attached hydrogen (secondary N) is 2. The normalized spacial score (nSPS) is 9.91. The van der Waals surface area contributed by atoms with Crippen LogP contribution in [-0.2, 0) is 0 Å². The Balaban J connectivity index is 1.62. The number of nitriles is 1. The lowest BCUT2D eigenvalue weighted by Crippen LogP contribution is -2.29. The molecule has 6 heteroatoms. The molecule has 0 aliphatic rings. The topological polar surface area (TPSA) is 64.9 Å². The zero-order valence-corrected chi connectivity index (χ0v) is 13.2. The number of anilines is 1. The number of halogens is 1. The molecule has 23 heavy (non-hydrogen) atoms. The summed E-state index contributed by atoms with van der Waals surface area (Å²) in [7, 11) is 0. The van der Waals surface area contributed by atoms with Crippen molar-refractivity contribution >= 4 is 23.5 Å². The molecule has 0 saturated heterocycles. The SMILES string of the molecule is N#Cc1ccc(NC(=O)NCCCSc2ccc(F)cc2)cc1. The molecule has 0 saturated carbocycles. The lowest BCUT2D eigenvalue weighted by molar-refractivity contribution is 0.252. The van der Waals surface area contributed by atoms with E-state index in [9.17, 15) is 9.18 Å². The Hall–Kier alpha value is -2.52. The Labute approximate surface area is 138 Å². The van der Waals surface area contributed by atoms with Gasteiger partial charge >= 0.3 is 6.03 Å². The van der Waals surface area contributed by atoms with Crippen LogP contribution in [0.2, 0.25) is 0 Å². The maximum absolute atomic E-state index is 12.8. The van der Waals surface area contributed by atoms with Crippen molar-refractivity contribution in [3.05, 3.63) is 59.9 Å². The first-order valence-corrected chi connectivity index (χ1v) is 8.09. The third kappa shape index (κ3) is 6.01. The van der Waals surface area contributed by atoms with Gasteiger partial charge in [-0.1, -0.05) is 0 Å². The standard InChI is InChI=1S/C17H16FN3OS/c18-14-4-8-16(9-5-14)23-11-1-10-20-17(22)21-15-6-2-13(12-19)3-7-15/h2-9H,1,10-11H2,(H2,20,21,22). The summed E-state index contributed by atoms with van der Waals surface area (Å²) >= 11 is 1.62. The summed E-state index contributed by atoms with van der Waals surface area (Å²) in [5, 5.41) is 14.2. The first-order chi connectivity index (χ1) is 11.2. The fourth-order valence-corrected chi connectivity index (χ4v) is 2.65. The molecule has 2 amide bonds. The average molecular weight is 329 g/mol. The van der Waals surface area contributed by atoms with Crippen molar-refractivity contribution in [1.82, 2.24) is 5.32 Å². The van der Waals surface area contributed by atoms with Gasteiger partial charge in [-0.05, 0) is 60.7 Å².